The molecule has 1 N–H and O–H groups in total. The van der Waals surface area contributed by atoms with Crippen LogP contribution >= 0.6 is 0 Å². The van der Waals surface area contributed by atoms with Crippen molar-refractivity contribution in [3.05, 3.63) is 65.2 Å². The molecule has 26 heavy (non-hydrogen) atoms. The number of rotatable bonds is 9. The van der Waals surface area contributed by atoms with Crippen molar-refractivity contribution in [2.75, 3.05) is 39.4 Å². The molecule has 0 amide bonds. The second kappa shape index (κ2) is 10.3. The summed E-state index contributed by atoms with van der Waals surface area (Å²) in [6.45, 7) is 9.66. The van der Waals surface area contributed by atoms with E-state index >= 15 is 0 Å². The number of aryl methyl sites for hydroxylation is 1. The molecule has 1 aliphatic heterocycles. The number of hydrogen-bond donors (Lipinski definition) is 1. The molecule has 0 bridgehead atoms. The van der Waals surface area contributed by atoms with Gasteiger partial charge in [0, 0.05) is 19.6 Å². The predicted octanol–water partition coefficient (Wildman–Crippen LogP) is 3.39. The van der Waals surface area contributed by atoms with Gasteiger partial charge in [0.15, 0.2) is 0 Å². The summed E-state index contributed by atoms with van der Waals surface area (Å²) in [6.07, 6.45) is 1.17. The summed E-state index contributed by atoms with van der Waals surface area (Å²) in [7, 11) is 0. The molecule has 0 unspecified atom stereocenters. The van der Waals surface area contributed by atoms with Gasteiger partial charge in [-0.1, -0.05) is 42.0 Å². The van der Waals surface area contributed by atoms with Crippen LogP contribution in [0.2, 0.25) is 0 Å². The lowest BCUT2D eigenvalue weighted by Gasteiger charge is -2.26. The molecule has 0 spiro atoms. The van der Waals surface area contributed by atoms with Crippen molar-refractivity contribution in [1.82, 2.24) is 10.2 Å². The largest absolute Gasteiger partial charge is 0.489 e. The van der Waals surface area contributed by atoms with Crippen molar-refractivity contribution in [3.63, 3.8) is 0 Å². The molecule has 4 heteroatoms. The first kappa shape index (κ1) is 18.9. The molecule has 1 heterocycles. The maximum atomic E-state index is 5.93. The van der Waals surface area contributed by atoms with Crippen LogP contribution in [0.3, 0.4) is 0 Å². The van der Waals surface area contributed by atoms with E-state index in [1.165, 1.54) is 23.1 Å². The summed E-state index contributed by atoms with van der Waals surface area (Å²) in [5.74, 6) is 0.929. The summed E-state index contributed by atoms with van der Waals surface area (Å²) in [5.41, 5.74) is 3.73. The fraction of sp³-hybridized carbons (Fsp3) is 0.455. The van der Waals surface area contributed by atoms with Crippen LogP contribution in [0.15, 0.2) is 48.5 Å². The van der Waals surface area contributed by atoms with Crippen molar-refractivity contribution in [2.24, 2.45) is 0 Å². The fourth-order valence-corrected chi connectivity index (χ4v) is 3.08. The highest BCUT2D eigenvalue weighted by molar-refractivity contribution is 5.29. The quantitative estimate of drug-likeness (QED) is 0.700. The minimum atomic E-state index is 0.608. The monoisotopic (exact) mass is 354 g/mol. The van der Waals surface area contributed by atoms with Crippen molar-refractivity contribution < 1.29 is 9.47 Å². The van der Waals surface area contributed by atoms with Crippen LogP contribution in [0.1, 0.15) is 23.1 Å². The smallest absolute Gasteiger partial charge is 0.120 e. The first-order valence-electron chi connectivity index (χ1n) is 9.58. The molecule has 2 aromatic rings. The number of benzene rings is 2. The van der Waals surface area contributed by atoms with E-state index in [2.05, 4.69) is 59.6 Å². The van der Waals surface area contributed by atoms with E-state index in [0.717, 1.165) is 51.7 Å². The third-order valence-corrected chi connectivity index (χ3v) is 4.69. The molecule has 2 aromatic carbocycles. The topological polar surface area (TPSA) is 33.7 Å². The highest BCUT2D eigenvalue weighted by Gasteiger charge is 2.08. The van der Waals surface area contributed by atoms with Crippen LogP contribution in [0.25, 0.3) is 0 Å². The number of morpholine rings is 1. The van der Waals surface area contributed by atoms with Crippen molar-refractivity contribution in [2.45, 2.75) is 26.5 Å². The Morgan fingerprint density at radius 3 is 2.65 bits per heavy atom. The van der Waals surface area contributed by atoms with Gasteiger partial charge in [0.1, 0.15) is 12.4 Å². The first-order chi connectivity index (χ1) is 12.8. The molecule has 0 aliphatic carbocycles. The van der Waals surface area contributed by atoms with E-state index < -0.39 is 0 Å². The van der Waals surface area contributed by atoms with E-state index in [1.54, 1.807) is 0 Å². The molecule has 1 aliphatic rings. The van der Waals surface area contributed by atoms with Gasteiger partial charge in [-0.2, -0.15) is 0 Å². The van der Waals surface area contributed by atoms with Crippen LogP contribution < -0.4 is 10.1 Å². The molecule has 0 atom stereocenters. The van der Waals surface area contributed by atoms with Gasteiger partial charge in [0.25, 0.3) is 0 Å². The fourth-order valence-electron chi connectivity index (χ4n) is 3.08. The third kappa shape index (κ3) is 6.45. The summed E-state index contributed by atoms with van der Waals surface area (Å²) < 4.78 is 11.3. The van der Waals surface area contributed by atoms with Gasteiger partial charge in [-0.3, -0.25) is 4.90 Å². The average Bonchev–Trinajstić information content (AvgIpc) is 2.68. The molecule has 140 valence electrons. The van der Waals surface area contributed by atoms with Crippen molar-refractivity contribution in [1.29, 1.82) is 0 Å². The van der Waals surface area contributed by atoms with Gasteiger partial charge in [-0.05, 0) is 49.7 Å². The van der Waals surface area contributed by atoms with E-state index in [0.29, 0.717) is 6.61 Å². The van der Waals surface area contributed by atoms with Gasteiger partial charge in [0.05, 0.1) is 13.2 Å². The Morgan fingerprint density at radius 2 is 1.85 bits per heavy atom. The molecule has 0 aromatic heterocycles. The van der Waals surface area contributed by atoms with Crippen molar-refractivity contribution >= 4 is 0 Å². The van der Waals surface area contributed by atoms with Gasteiger partial charge >= 0.3 is 0 Å². The Hall–Kier alpha value is -1.88. The standard InChI is InChI=1S/C22H30N2O2/c1-19-6-8-20(9-7-19)18-26-22-5-2-4-21(16-22)17-23-10-3-11-24-12-14-25-15-13-24/h2,4-9,16,23H,3,10-15,17-18H2,1H3. The van der Waals surface area contributed by atoms with Crippen LogP contribution in [0, 0.1) is 6.92 Å². The molecule has 4 nitrogen and oxygen atoms in total. The predicted molar refractivity (Wildman–Crippen MR) is 106 cm³/mol. The second-order valence-electron chi connectivity index (χ2n) is 6.91. The Morgan fingerprint density at radius 1 is 1.04 bits per heavy atom. The zero-order valence-corrected chi connectivity index (χ0v) is 15.7. The van der Waals surface area contributed by atoms with Gasteiger partial charge in [0.2, 0.25) is 0 Å². The Balaban J connectivity index is 1.36. The summed E-state index contributed by atoms with van der Waals surface area (Å²) >= 11 is 0. The number of nitrogens with one attached hydrogen (secondary N) is 1. The van der Waals surface area contributed by atoms with Crippen molar-refractivity contribution in [3.8, 4) is 5.75 Å². The lowest BCUT2D eigenvalue weighted by atomic mass is 10.2. The highest BCUT2D eigenvalue weighted by Crippen LogP contribution is 2.15. The first-order valence-corrected chi connectivity index (χ1v) is 9.58. The Labute approximate surface area is 157 Å². The molecule has 0 radical (unpaired) electrons. The van der Waals surface area contributed by atoms with E-state index in [-0.39, 0.29) is 0 Å². The highest BCUT2D eigenvalue weighted by atomic mass is 16.5. The Kier molecular flexibility index (Phi) is 7.50. The van der Waals surface area contributed by atoms with Crippen LogP contribution in [0.4, 0.5) is 0 Å². The third-order valence-electron chi connectivity index (χ3n) is 4.69. The van der Waals surface area contributed by atoms with E-state index in [1.807, 2.05) is 6.07 Å². The van der Waals surface area contributed by atoms with Crippen LogP contribution in [-0.2, 0) is 17.9 Å². The molecular weight excluding hydrogens is 324 g/mol. The second-order valence-corrected chi connectivity index (χ2v) is 6.91. The Bertz CT molecular complexity index is 651. The number of hydrogen-bond acceptors (Lipinski definition) is 4. The van der Waals surface area contributed by atoms with Gasteiger partial charge in [-0.15, -0.1) is 0 Å². The van der Waals surface area contributed by atoms with E-state index in [9.17, 15) is 0 Å². The SMILES string of the molecule is Cc1ccc(COc2cccc(CNCCCN3CCOCC3)c2)cc1. The number of nitrogens with zero attached hydrogens (tertiary/aromatic N) is 1. The molecule has 1 fully saturated rings. The molecule has 0 saturated carbocycles. The van der Waals surface area contributed by atoms with Crippen LogP contribution in [0.5, 0.6) is 5.75 Å². The molecule has 1 saturated heterocycles. The lowest BCUT2D eigenvalue weighted by Crippen LogP contribution is -2.37. The normalized spacial score (nSPS) is 15.1. The summed E-state index contributed by atoms with van der Waals surface area (Å²) in [4.78, 5) is 2.48. The maximum Gasteiger partial charge on any atom is 0.120 e. The molecular formula is C22H30N2O2. The van der Waals surface area contributed by atoms with Gasteiger partial charge < -0.3 is 14.8 Å². The molecule has 3 rings (SSSR count). The van der Waals surface area contributed by atoms with E-state index in [4.69, 9.17) is 9.47 Å². The van der Waals surface area contributed by atoms with Crippen LogP contribution in [-0.4, -0.2) is 44.3 Å². The lowest BCUT2D eigenvalue weighted by molar-refractivity contribution is 0.0374. The number of ether oxygens (including phenoxy) is 2. The maximum absolute atomic E-state index is 5.93. The summed E-state index contributed by atoms with van der Waals surface area (Å²) in [5, 5.41) is 3.54. The van der Waals surface area contributed by atoms with Gasteiger partial charge in [-0.25, -0.2) is 0 Å². The zero-order chi connectivity index (χ0) is 18.0. The average molecular weight is 354 g/mol. The minimum Gasteiger partial charge on any atom is -0.489 e. The summed E-state index contributed by atoms with van der Waals surface area (Å²) in [6, 6.07) is 16.8. The minimum absolute atomic E-state index is 0.608. The zero-order valence-electron chi connectivity index (χ0n) is 15.7.